The highest BCUT2D eigenvalue weighted by Crippen LogP contribution is 2.17. The number of carbonyl (C=O) groups is 1. The molecule has 0 aliphatic heterocycles. The van der Waals surface area contributed by atoms with E-state index in [4.69, 9.17) is 0 Å². The predicted molar refractivity (Wildman–Crippen MR) is 81.6 cm³/mol. The number of nitrogens with one attached hydrogen (secondary N) is 1. The zero-order chi connectivity index (χ0) is 14.5. The van der Waals surface area contributed by atoms with Gasteiger partial charge in [-0.2, -0.15) is 0 Å². The smallest absolute Gasteiger partial charge is 0.253 e. The molecule has 2 aromatic rings. The molecule has 1 amide bonds. The lowest BCUT2D eigenvalue weighted by Crippen LogP contribution is -2.31. The first-order valence-electron chi connectivity index (χ1n) is 6.94. The van der Waals surface area contributed by atoms with Gasteiger partial charge in [-0.1, -0.05) is 36.8 Å². The third-order valence-corrected chi connectivity index (χ3v) is 3.36. The third kappa shape index (κ3) is 3.44. The lowest BCUT2D eigenvalue weighted by atomic mass is 10.1. The highest BCUT2D eigenvalue weighted by Gasteiger charge is 2.09. The Bertz CT molecular complexity index is 573. The fraction of sp³-hybridized carbons (Fsp3) is 0.294. The van der Waals surface area contributed by atoms with Crippen molar-refractivity contribution in [2.75, 3.05) is 0 Å². The summed E-state index contributed by atoms with van der Waals surface area (Å²) in [6.45, 7) is 6.09. The Morgan fingerprint density at radius 3 is 2.45 bits per heavy atom. The molecular formula is C17H20N2O. The summed E-state index contributed by atoms with van der Waals surface area (Å²) in [4.78, 5) is 16.3. The summed E-state index contributed by atoms with van der Waals surface area (Å²) in [7, 11) is 0. The highest BCUT2D eigenvalue weighted by molar-refractivity contribution is 5.94. The van der Waals surface area contributed by atoms with E-state index in [2.05, 4.69) is 29.4 Å². The maximum Gasteiger partial charge on any atom is 0.253 e. The number of pyridine rings is 1. The van der Waals surface area contributed by atoms with Crippen LogP contribution in [-0.2, 0) is 0 Å². The van der Waals surface area contributed by atoms with E-state index in [9.17, 15) is 4.79 Å². The van der Waals surface area contributed by atoms with Crippen molar-refractivity contribution in [3.05, 3.63) is 53.7 Å². The van der Waals surface area contributed by atoms with Crippen LogP contribution in [0.2, 0.25) is 0 Å². The van der Waals surface area contributed by atoms with Gasteiger partial charge >= 0.3 is 0 Å². The van der Waals surface area contributed by atoms with Crippen LogP contribution >= 0.6 is 0 Å². The van der Waals surface area contributed by atoms with Crippen molar-refractivity contribution in [1.82, 2.24) is 10.3 Å². The molecule has 0 saturated carbocycles. The monoisotopic (exact) mass is 268 g/mol. The summed E-state index contributed by atoms with van der Waals surface area (Å²) in [5.41, 5.74) is 3.76. The molecule has 0 aliphatic carbocycles. The molecule has 0 aliphatic rings. The average molecular weight is 268 g/mol. The van der Waals surface area contributed by atoms with Crippen molar-refractivity contribution in [3.63, 3.8) is 0 Å². The Kier molecular flexibility index (Phi) is 4.51. The fourth-order valence-corrected chi connectivity index (χ4v) is 1.83. The zero-order valence-electron chi connectivity index (χ0n) is 12.2. The van der Waals surface area contributed by atoms with Crippen LogP contribution in [0.5, 0.6) is 0 Å². The van der Waals surface area contributed by atoms with Crippen molar-refractivity contribution in [2.24, 2.45) is 0 Å². The summed E-state index contributed by atoms with van der Waals surface area (Å²) in [6.07, 6.45) is 2.55. The second-order valence-electron chi connectivity index (χ2n) is 5.08. The van der Waals surface area contributed by atoms with Crippen molar-refractivity contribution < 1.29 is 4.79 Å². The van der Waals surface area contributed by atoms with Crippen molar-refractivity contribution >= 4 is 5.91 Å². The Morgan fingerprint density at radius 2 is 1.90 bits per heavy atom. The minimum absolute atomic E-state index is 0.0673. The van der Waals surface area contributed by atoms with Crippen LogP contribution in [-0.4, -0.2) is 16.9 Å². The van der Waals surface area contributed by atoms with E-state index in [1.54, 1.807) is 6.20 Å². The number of aromatic nitrogens is 1. The Labute approximate surface area is 120 Å². The fourth-order valence-electron chi connectivity index (χ4n) is 1.83. The van der Waals surface area contributed by atoms with Gasteiger partial charge in [0.2, 0.25) is 0 Å². The number of nitrogens with zero attached hydrogens (tertiary/aromatic N) is 1. The number of benzene rings is 1. The minimum atomic E-state index is -0.0673. The van der Waals surface area contributed by atoms with Gasteiger partial charge in [0.15, 0.2) is 0 Å². The van der Waals surface area contributed by atoms with Crippen LogP contribution in [0.1, 0.15) is 36.2 Å². The van der Waals surface area contributed by atoms with Gasteiger partial charge in [0.1, 0.15) is 0 Å². The predicted octanol–water partition coefficient (Wildman–Crippen LogP) is 3.59. The highest BCUT2D eigenvalue weighted by atomic mass is 16.1. The average Bonchev–Trinajstić information content (AvgIpc) is 2.48. The molecular weight excluding hydrogens is 248 g/mol. The molecule has 0 fully saturated rings. The molecule has 1 heterocycles. The molecule has 2 rings (SSSR count). The van der Waals surface area contributed by atoms with Crippen LogP contribution in [0.4, 0.5) is 0 Å². The van der Waals surface area contributed by atoms with Crippen molar-refractivity contribution in [3.8, 4) is 11.3 Å². The van der Waals surface area contributed by atoms with Crippen molar-refractivity contribution in [1.29, 1.82) is 0 Å². The van der Waals surface area contributed by atoms with Gasteiger partial charge in [-0.3, -0.25) is 9.78 Å². The molecule has 0 unspecified atom stereocenters. The maximum atomic E-state index is 12.0. The second-order valence-corrected chi connectivity index (χ2v) is 5.08. The summed E-state index contributed by atoms with van der Waals surface area (Å²) in [5.74, 6) is -0.0673. The van der Waals surface area contributed by atoms with Gasteiger partial charge in [0, 0.05) is 17.8 Å². The van der Waals surface area contributed by atoms with Crippen LogP contribution in [0.15, 0.2) is 42.6 Å². The lowest BCUT2D eigenvalue weighted by Gasteiger charge is -2.11. The van der Waals surface area contributed by atoms with Crippen LogP contribution < -0.4 is 5.32 Å². The van der Waals surface area contributed by atoms with E-state index in [0.717, 1.165) is 17.7 Å². The first-order chi connectivity index (χ1) is 9.60. The normalized spacial score (nSPS) is 11.9. The molecule has 0 bridgehead atoms. The van der Waals surface area contributed by atoms with E-state index in [0.29, 0.717) is 5.56 Å². The molecule has 0 radical (unpaired) electrons. The molecule has 1 aromatic heterocycles. The third-order valence-electron chi connectivity index (χ3n) is 3.36. The number of carbonyl (C=O) groups excluding carboxylic acids is 1. The maximum absolute atomic E-state index is 12.0. The van der Waals surface area contributed by atoms with Gasteiger partial charge < -0.3 is 5.32 Å². The topological polar surface area (TPSA) is 42.0 Å². The van der Waals surface area contributed by atoms with E-state index < -0.39 is 0 Å². The van der Waals surface area contributed by atoms with E-state index in [1.807, 2.05) is 38.1 Å². The Hall–Kier alpha value is -2.16. The standard InChI is InChI=1S/C17H20N2O/c1-4-13(3)19-17(20)15-9-10-16(18-11-15)14-7-5-12(2)6-8-14/h5-11,13H,4H2,1-3H3,(H,19,20)/t13-/m1/s1. The quantitative estimate of drug-likeness (QED) is 0.920. The molecule has 1 N–H and O–H groups in total. The molecule has 3 nitrogen and oxygen atoms in total. The second kappa shape index (κ2) is 6.33. The number of amides is 1. The summed E-state index contributed by atoms with van der Waals surface area (Å²) >= 11 is 0. The number of rotatable bonds is 4. The zero-order valence-corrected chi connectivity index (χ0v) is 12.2. The number of hydrogen-bond donors (Lipinski definition) is 1. The van der Waals surface area contributed by atoms with Crippen LogP contribution in [0.3, 0.4) is 0 Å². The van der Waals surface area contributed by atoms with E-state index in [1.165, 1.54) is 5.56 Å². The SMILES string of the molecule is CC[C@@H](C)NC(=O)c1ccc(-c2ccc(C)cc2)nc1. The van der Waals surface area contributed by atoms with Gasteiger partial charge in [-0.05, 0) is 32.4 Å². The summed E-state index contributed by atoms with van der Waals surface area (Å²) < 4.78 is 0. The van der Waals surface area contributed by atoms with Crippen LogP contribution in [0, 0.1) is 6.92 Å². The number of aryl methyl sites for hydroxylation is 1. The molecule has 1 aromatic carbocycles. The summed E-state index contributed by atoms with van der Waals surface area (Å²) in [6, 6.07) is 12.1. The van der Waals surface area contributed by atoms with Gasteiger partial charge in [0.25, 0.3) is 5.91 Å². The molecule has 20 heavy (non-hydrogen) atoms. The Morgan fingerprint density at radius 1 is 1.20 bits per heavy atom. The first kappa shape index (κ1) is 14.3. The van der Waals surface area contributed by atoms with Gasteiger partial charge in [-0.25, -0.2) is 0 Å². The number of hydrogen-bond acceptors (Lipinski definition) is 2. The lowest BCUT2D eigenvalue weighted by molar-refractivity contribution is 0.0939. The molecule has 104 valence electrons. The minimum Gasteiger partial charge on any atom is -0.350 e. The molecule has 3 heteroatoms. The first-order valence-corrected chi connectivity index (χ1v) is 6.94. The van der Waals surface area contributed by atoms with E-state index >= 15 is 0 Å². The van der Waals surface area contributed by atoms with Gasteiger partial charge in [0.05, 0.1) is 11.3 Å². The molecule has 0 spiro atoms. The Balaban J connectivity index is 2.14. The molecule has 1 atom stereocenters. The molecule has 0 saturated heterocycles. The van der Waals surface area contributed by atoms with Crippen molar-refractivity contribution in [2.45, 2.75) is 33.2 Å². The largest absolute Gasteiger partial charge is 0.350 e. The van der Waals surface area contributed by atoms with E-state index in [-0.39, 0.29) is 11.9 Å². The van der Waals surface area contributed by atoms with Crippen LogP contribution in [0.25, 0.3) is 11.3 Å². The summed E-state index contributed by atoms with van der Waals surface area (Å²) in [5, 5.41) is 2.93. The van der Waals surface area contributed by atoms with Gasteiger partial charge in [-0.15, -0.1) is 0 Å².